The topological polar surface area (TPSA) is 63.4 Å². The molecule has 1 rings (SSSR count). The molecule has 5 heteroatoms. The molecule has 1 heterocycles. The first kappa shape index (κ1) is 12.9. The molecule has 2 unspecified atom stereocenters. The van der Waals surface area contributed by atoms with Crippen molar-refractivity contribution >= 4 is 10.0 Å². The van der Waals surface area contributed by atoms with E-state index in [1.54, 1.807) is 4.31 Å². The number of hydrogen-bond donors (Lipinski definition) is 1. The van der Waals surface area contributed by atoms with Gasteiger partial charge in [-0.2, -0.15) is 0 Å². The quantitative estimate of drug-likeness (QED) is 0.782. The highest BCUT2D eigenvalue weighted by atomic mass is 32.2. The van der Waals surface area contributed by atoms with Crippen molar-refractivity contribution in [2.75, 3.05) is 18.8 Å². The first-order chi connectivity index (χ1) is 6.97. The molecular weight excluding hydrogens is 212 g/mol. The lowest BCUT2D eigenvalue weighted by Gasteiger charge is -2.34. The van der Waals surface area contributed by atoms with Crippen LogP contribution in [-0.4, -0.2) is 37.6 Å². The highest BCUT2D eigenvalue weighted by molar-refractivity contribution is 7.89. The van der Waals surface area contributed by atoms with E-state index in [0.29, 0.717) is 13.1 Å². The summed E-state index contributed by atoms with van der Waals surface area (Å²) in [6.45, 7) is 5.21. The minimum Gasteiger partial charge on any atom is -0.327 e. The van der Waals surface area contributed by atoms with Gasteiger partial charge in [-0.3, -0.25) is 0 Å². The molecule has 1 aliphatic heterocycles. The molecule has 1 aliphatic rings. The smallest absolute Gasteiger partial charge is 0.214 e. The first-order valence-electron chi connectivity index (χ1n) is 5.70. The fourth-order valence-corrected chi connectivity index (χ4v) is 3.59. The van der Waals surface area contributed by atoms with Crippen LogP contribution in [0.2, 0.25) is 0 Å². The maximum atomic E-state index is 11.9. The monoisotopic (exact) mass is 234 g/mol. The van der Waals surface area contributed by atoms with Crippen LogP contribution in [0.25, 0.3) is 0 Å². The van der Waals surface area contributed by atoms with Gasteiger partial charge in [0.05, 0.1) is 5.75 Å². The van der Waals surface area contributed by atoms with Gasteiger partial charge in [-0.05, 0) is 18.8 Å². The SMILES string of the molecule is CCCCS(=O)(=O)N1CCC(N)C(C)C1. The lowest BCUT2D eigenvalue weighted by atomic mass is 9.96. The summed E-state index contributed by atoms with van der Waals surface area (Å²) in [4.78, 5) is 0. The Kier molecular flexibility index (Phi) is 4.55. The maximum absolute atomic E-state index is 11.9. The summed E-state index contributed by atoms with van der Waals surface area (Å²) in [7, 11) is -3.02. The summed E-state index contributed by atoms with van der Waals surface area (Å²) < 4.78 is 25.4. The minimum atomic E-state index is -3.02. The molecule has 0 saturated carbocycles. The molecule has 0 aromatic heterocycles. The molecule has 15 heavy (non-hydrogen) atoms. The zero-order valence-corrected chi connectivity index (χ0v) is 10.5. The predicted molar refractivity (Wildman–Crippen MR) is 62.0 cm³/mol. The van der Waals surface area contributed by atoms with Crippen LogP contribution in [0.3, 0.4) is 0 Å². The lowest BCUT2D eigenvalue weighted by Crippen LogP contribution is -2.48. The summed E-state index contributed by atoms with van der Waals surface area (Å²) in [5, 5.41) is 0. The average Bonchev–Trinajstić information content (AvgIpc) is 2.19. The van der Waals surface area contributed by atoms with E-state index < -0.39 is 10.0 Å². The van der Waals surface area contributed by atoms with Gasteiger partial charge in [-0.25, -0.2) is 12.7 Å². The van der Waals surface area contributed by atoms with Crippen LogP contribution in [-0.2, 0) is 10.0 Å². The van der Waals surface area contributed by atoms with E-state index in [9.17, 15) is 8.42 Å². The Bertz CT molecular complexity index is 290. The maximum Gasteiger partial charge on any atom is 0.214 e. The van der Waals surface area contributed by atoms with Gasteiger partial charge >= 0.3 is 0 Å². The third kappa shape index (κ3) is 3.43. The van der Waals surface area contributed by atoms with Crippen molar-refractivity contribution in [3.8, 4) is 0 Å². The Labute approximate surface area is 92.9 Å². The van der Waals surface area contributed by atoms with Gasteiger partial charge < -0.3 is 5.73 Å². The molecule has 1 fully saturated rings. The Morgan fingerprint density at radius 3 is 2.67 bits per heavy atom. The van der Waals surface area contributed by atoms with Crippen LogP contribution in [0.1, 0.15) is 33.1 Å². The van der Waals surface area contributed by atoms with Crippen LogP contribution >= 0.6 is 0 Å². The van der Waals surface area contributed by atoms with Crippen molar-refractivity contribution < 1.29 is 8.42 Å². The number of unbranched alkanes of at least 4 members (excludes halogenated alkanes) is 1. The highest BCUT2D eigenvalue weighted by Crippen LogP contribution is 2.18. The fraction of sp³-hybridized carbons (Fsp3) is 1.00. The molecule has 4 nitrogen and oxygen atoms in total. The summed E-state index contributed by atoms with van der Waals surface area (Å²) in [6, 6.07) is 0.155. The van der Waals surface area contributed by atoms with Crippen molar-refractivity contribution in [2.45, 2.75) is 39.2 Å². The van der Waals surface area contributed by atoms with Gasteiger partial charge in [-0.15, -0.1) is 0 Å². The van der Waals surface area contributed by atoms with Crippen molar-refractivity contribution in [2.24, 2.45) is 11.7 Å². The van der Waals surface area contributed by atoms with E-state index in [1.807, 2.05) is 13.8 Å². The van der Waals surface area contributed by atoms with Crippen molar-refractivity contribution in [1.82, 2.24) is 4.31 Å². The van der Waals surface area contributed by atoms with Crippen molar-refractivity contribution in [1.29, 1.82) is 0 Å². The Balaban J connectivity index is 2.57. The second-order valence-corrected chi connectivity index (χ2v) is 6.55. The minimum absolute atomic E-state index is 0.155. The third-order valence-electron chi connectivity index (χ3n) is 3.08. The van der Waals surface area contributed by atoms with Crippen LogP contribution in [0, 0.1) is 5.92 Å². The Morgan fingerprint density at radius 2 is 2.13 bits per heavy atom. The van der Waals surface area contributed by atoms with Crippen LogP contribution < -0.4 is 5.73 Å². The van der Waals surface area contributed by atoms with E-state index in [0.717, 1.165) is 19.3 Å². The van der Waals surface area contributed by atoms with Gasteiger partial charge in [0.25, 0.3) is 0 Å². The average molecular weight is 234 g/mol. The molecule has 0 bridgehead atoms. The molecule has 0 amide bonds. The molecule has 90 valence electrons. The standard InChI is InChI=1S/C10H22N2O2S/c1-3-4-7-15(13,14)12-6-5-10(11)9(2)8-12/h9-10H,3-8,11H2,1-2H3. The van der Waals surface area contributed by atoms with Gasteiger partial charge in [0.2, 0.25) is 10.0 Å². The molecule has 0 aliphatic carbocycles. The molecule has 0 spiro atoms. The number of piperidine rings is 1. The largest absolute Gasteiger partial charge is 0.327 e. The summed E-state index contributed by atoms with van der Waals surface area (Å²) >= 11 is 0. The van der Waals surface area contributed by atoms with Gasteiger partial charge in [0, 0.05) is 19.1 Å². The normalized spacial score (nSPS) is 29.3. The third-order valence-corrected chi connectivity index (χ3v) is 5.01. The predicted octanol–water partition coefficient (Wildman–Crippen LogP) is 0.785. The zero-order valence-electron chi connectivity index (χ0n) is 9.65. The van der Waals surface area contributed by atoms with Gasteiger partial charge in [-0.1, -0.05) is 20.3 Å². The fourth-order valence-electron chi connectivity index (χ4n) is 1.83. The lowest BCUT2D eigenvalue weighted by molar-refractivity contribution is 0.250. The second kappa shape index (κ2) is 5.27. The Hall–Kier alpha value is -0.130. The summed E-state index contributed by atoms with van der Waals surface area (Å²) in [5.74, 6) is 0.556. The second-order valence-electron chi connectivity index (χ2n) is 4.46. The van der Waals surface area contributed by atoms with Crippen LogP contribution in [0.4, 0.5) is 0 Å². The van der Waals surface area contributed by atoms with E-state index >= 15 is 0 Å². The van der Waals surface area contributed by atoms with E-state index in [1.165, 1.54) is 0 Å². The molecule has 2 atom stereocenters. The molecular formula is C10H22N2O2S. The van der Waals surface area contributed by atoms with Crippen LogP contribution in [0.15, 0.2) is 0 Å². The number of sulfonamides is 1. The van der Waals surface area contributed by atoms with Gasteiger partial charge in [0.15, 0.2) is 0 Å². The van der Waals surface area contributed by atoms with E-state index in [2.05, 4.69) is 0 Å². The number of nitrogens with zero attached hydrogens (tertiary/aromatic N) is 1. The number of rotatable bonds is 4. The Morgan fingerprint density at radius 1 is 1.47 bits per heavy atom. The highest BCUT2D eigenvalue weighted by Gasteiger charge is 2.30. The number of nitrogens with two attached hydrogens (primary N) is 1. The van der Waals surface area contributed by atoms with E-state index in [-0.39, 0.29) is 17.7 Å². The molecule has 2 N–H and O–H groups in total. The summed E-state index contributed by atoms with van der Waals surface area (Å²) in [6.07, 6.45) is 2.45. The van der Waals surface area contributed by atoms with Gasteiger partial charge in [0.1, 0.15) is 0 Å². The molecule has 1 saturated heterocycles. The summed E-state index contributed by atoms with van der Waals surface area (Å²) in [5.41, 5.74) is 5.86. The molecule has 0 radical (unpaired) electrons. The first-order valence-corrected chi connectivity index (χ1v) is 7.31. The number of hydrogen-bond acceptors (Lipinski definition) is 3. The molecule has 0 aromatic rings. The van der Waals surface area contributed by atoms with Crippen LogP contribution in [0.5, 0.6) is 0 Å². The zero-order chi connectivity index (χ0) is 11.5. The van der Waals surface area contributed by atoms with E-state index in [4.69, 9.17) is 5.73 Å². The molecule has 0 aromatic carbocycles. The van der Waals surface area contributed by atoms with Crippen molar-refractivity contribution in [3.05, 3.63) is 0 Å². The van der Waals surface area contributed by atoms with Crippen molar-refractivity contribution in [3.63, 3.8) is 0 Å².